The van der Waals surface area contributed by atoms with Crippen LogP contribution in [0.4, 0.5) is 4.79 Å². The van der Waals surface area contributed by atoms with Crippen LogP contribution < -0.4 is 10.5 Å². The molecule has 0 unspecified atom stereocenters. The normalized spacial score (nSPS) is 16.5. The maximum absolute atomic E-state index is 12.4. The number of piperidine rings is 1. The van der Waals surface area contributed by atoms with Gasteiger partial charge in [0.2, 0.25) is 6.41 Å². The summed E-state index contributed by atoms with van der Waals surface area (Å²) in [6.07, 6.45) is 4.61. The standard InChI is InChI=1S/C22H28N2O3.CH3NO/c1-5-16-8-9-17-18(15-16)26-22(19-7-6-12-24(17)19)10-13-23(14-11-22)20(25)27-21(2,3)4;2-1-3/h6-9,12,15H,5,10-11,13-14H2,1-4H3;1H,(H2,2,3). The summed E-state index contributed by atoms with van der Waals surface area (Å²) in [5.74, 6) is 0.934. The van der Waals surface area contributed by atoms with Gasteiger partial charge in [0.1, 0.15) is 11.4 Å². The van der Waals surface area contributed by atoms with Crippen molar-refractivity contribution < 1.29 is 19.1 Å². The summed E-state index contributed by atoms with van der Waals surface area (Å²) >= 11 is 0. The summed E-state index contributed by atoms with van der Waals surface area (Å²) in [6, 6.07) is 10.7. The lowest BCUT2D eigenvalue weighted by molar-refractivity contribution is -0.106. The van der Waals surface area contributed by atoms with Crippen LogP contribution in [-0.2, 0) is 21.6 Å². The number of carbonyl (C=O) groups excluding carboxylic acids is 2. The fraction of sp³-hybridized carbons (Fsp3) is 0.478. The second-order valence-corrected chi connectivity index (χ2v) is 8.62. The minimum atomic E-state index is -0.474. The van der Waals surface area contributed by atoms with Gasteiger partial charge in [-0.1, -0.05) is 13.0 Å². The van der Waals surface area contributed by atoms with E-state index in [-0.39, 0.29) is 18.1 Å². The molecule has 162 valence electrons. The largest absolute Gasteiger partial charge is 0.479 e. The molecule has 0 aliphatic carbocycles. The fourth-order valence-corrected chi connectivity index (χ4v) is 4.02. The first kappa shape index (κ1) is 21.7. The molecule has 2 aliphatic heterocycles. The van der Waals surface area contributed by atoms with Crippen LogP contribution in [0, 0.1) is 0 Å². The highest BCUT2D eigenvalue weighted by atomic mass is 16.6. The van der Waals surface area contributed by atoms with Crippen LogP contribution >= 0.6 is 0 Å². The van der Waals surface area contributed by atoms with Gasteiger partial charge in [-0.15, -0.1) is 0 Å². The number of likely N-dealkylation sites (tertiary alicyclic amines) is 1. The number of aromatic nitrogens is 1. The van der Waals surface area contributed by atoms with E-state index in [4.69, 9.17) is 14.3 Å². The van der Waals surface area contributed by atoms with Gasteiger partial charge in [0.05, 0.1) is 11.4 Å². The Labute approximate surface area is 177 Å². The van der Waals surface area contributed by atoms with Gasteiger partial charge in [-0.25, -0.2) is 4.79 Å². The van der Waals surface area contributed by atoms with Gasteiger partial charge in [0.25, 0.3) is 0 Å². The van der Waals surface area contributed by atoms with Gasteiger partial charge in [-0.3, -0.25) is 4.79 Å². The lowest BCUT2D eigenvalue weighted by Crippen LogP contribution is -2.50. The van der Waals surface area contributed by atoms with Gasteiger partial charge in [-0.2, -0.15) is 0 Å². The maximum Gasteiger partial charge on any atom is 0.410 e. The fourth-order valence-electron chi connectivity index (χ4n) is 4.02. The van der Waals surface area contributed by atoms with Crippen LogP contribution in [0.2, 0.25) is 0 Å². The van der Waals surface area contributed by atoms with Crippen molar-refractivity contribution in [2.24, 2.45) is 5.73 Å². The van der Waals surface area contributed by atoms with Crippen LogP contribution in [0.3, 0.4) is 0 Å². The maximum atomic E-state index is 12.4. The zero-order valence-electron chi connectivity index (χ0n) is 18.2. The lowest BCUT2D eigenvalue weighted by Gasteiger charge is -2.45. The molecule has 3 heterocycles. The quantitative estimate of drug-likeness (QED) is 0.721. The van der Waals surface area contributed by atoms with E-state index in [0.717, 1.165) is 30.7 Å². The van der Waals surface area contributed by atoms with Crippen LogP contribution in [0.1, 0.15) is 51.8 Å². The van der Waals surface area contributed by atoms with E-state index in [9.17, 15) is 4.79 Å². The van der Waals surface area contributed by atoms with E-state index in [1.165, 1.54) is 11.3 Å². The van der Waals surface area contributed by atoms with E-state index in [1.807, 2.05) is 20.8 Å². The molecule has 1 aromatic heterocycles. The highest BCUT2D eigenvalue weighted by molar-refractivity contribution is 5.68. The van der Waals surface area contributed by atoms with Gasteiger partial charge in [0.15, 0.2) is 5.60 Å². The second-order valence-electron chi connectivity index (χ2n) is 8.62. The van der Waals surface area contributed by atoms with Crippen molar-refractivity contribution in [3.05, 3.63) is 47.8 Å². The van der Waals surface area contributed by atoms with Crippen molar-refractivity contribution in [1.29, 1.82) is 0 Å². The number of ether oxygens (including phenoxy) is 2. The predicted molar refractivity (Wildman–Crippen MR) is 115 cm³/mol. The Morgan fingerprint density at radius 2 is 1.93 bits per heavy atom. The smallest absolute Gasteiger partial charge is 0.410 e. The van der Waals surface area contributed by atoms with E-state index >= 15 is 0 Å². The molecule has 0 atom stereocenters. The number of hydrogen-bond donors (Lipinski definition) is 1. The van der Waals surface area contributed by atoms with Crippen molar-refractivity contribution in [2.45, 2.75) is 58.2 Å². The number of hydrogen-bond acceptors (Lipinski definition) is 4. The highest BCUT2D eigenvalue weighted by Gasteiger charge is 2.45. The van der Waals surface area contributed by atoms with Crippen LogP contribution in [0.5, 0.6) is 5.75 Å². The van der Waals surface area contributed by atoms with Crippen molar-refractivity contribution in [1.82, 2.24) is 9.47 Å². The Hall–Kier alpha value is -2.96. The first-order valence-electron chi connectivity index (χ1n) is 10.4. The van der Waals surface area contributed by atoms with Crippen molar-refractivity contribution in [3.63, 3.8) is 0 Å². The van der Waals surface area contributed by atoms with E-state index < -0.39 is 5.60 Å². The molecule has 4 rings (SSSR count). The van der Waals surface area contributed by atoms with Gasteiger partial charge < -0.3 is 24.7 Å². The molecule has 2 amide bonds. The molecule has 2 aliphatic rings. The number of rotatable bonds is 1. The summed E-state index contributed by atoms with van der Waals surface area (Å²) in [7, 11) is 0. The third-order valence-corrected chi connectivity index (χ3v) is 5.44. The van der Waals surface area contributed by atoms with E-state index in [2.05, 4.69) is 53.8 Å². The Morgan fingerprint density at radius 3 is 2.53 bits per heavy atom. The minimum Gasteiger partial charge on any atom is -0.479 e. The molecule has 1 spiro atoms. The number of carbonyl (C=O) groups is 2. The first-order chi connectivity index (χ1) is 14.2. The minimum absolute atomic E-state index is 0.239. The lowest BCUT2D eigenvalue weighted by atomic mass is 9.86. The Bertz CT molecular complexity index is 905. The molecule has 0 bridgehead atoms. The molecule has 0 saturated carbocycles. The highest BCUT2D eigenvalue weighted by Crippen LogP contribution is 2.45. The number of primary amides is 1. The zero-order chi connectivity index (χ0) is 21.9. The van der Waals surface area contributed by atoms with Crippen molar-refractivity contribution in [3.8, 4) is 11.4 Å². The summed E-state index contributed by atoms with van der Waals surface area (Å²) < 4.78 is 14.4. The number of amides is 2. The number of aryl methyl sites for hydroxylation is 1. The molecule has 7 heteroatoms. The Kier molecular flexibility index (Phi) is 6.10. The summed E-state index contributed by atoms with van der Waals surface area (Å²) in [5, 5.41) is 0. The Balaban J connectivity index is 0.000000806. The predicted octanol–water partition coefficient (Wildman–Crippen LogP) is 3.76. The molecule has 1 saturated heterocycles. The molecule has 0 radical (unpaired) electrons. The molecule has 1 fully saturated rings. The first-order valence-corrected chi connectivity index (χ1v) is 10.4. The molecular weight excluding hydrogens is 382 g/mol. The van der Waals surface area contributed by atoms with Crippen LogP contribution in [0.25, 0.3) is 5.69 Å². The molecule has 7 nitrogen and oxygen atoms in total. The zero-order valence-corrected chi connectivity index (χ0v) is 18.2. The number of nitrogens with two attached hydrogens (primary N) is 1. The average molecular weight is 414 g/mol. The number of nitrogens with zero attached hydrogens (tertiary/aromatic N) is 2. The topological polar surface area (TPSA) is 86.8 Å². The van der Waals surface area contributed by atoms with E-state index in [1.54, 1.807) is 4.90 Å². The molecule has 2 N–H and O–H groups in total. The third-order valence-electron chi connectivity index (χ3n) is 5.44. The summed E-state index contributed by atoms with van der Waals surface area (Å²) in [4.78, 5) is 22.8. The molecule has 30 heavy (non-hydrogen) atoms. The van der Waals surface area contributed by atoms with Gasteiger partial charge in [0, 0.05) is 32.1 Å². The third kappa shape index (κ3) is 4.30. The van der Waals surface area contributed by atoms with Crippen molar-refractivity contribution in [2.75, 3.05) is 13.1 Å². The SMILES string of the molecule is CCc1ccc2c(c1)OC1(CCN(C(=O)OC(C)(C)C)CC1)c1cccn1-2.NC=O. The summed E-state index contributed by atoms with van der Waals surface area (Å²) in [6.45, 7) is 9.10. The monoisotopic (exact) mass is 413 g/mol. The van der Waals surface area contributed by atoms with Crippen molar-refractivity contribution >= 4 is 12.5 Å². The van der Waals surface area contributed by atoms with Gasteiger partial charge >= 0.3 is 6.09 Å². The second kappa shape index (κ2) is 8.42. The molecule has 2 aromatic rings. The number of fused-ring (bicyclic) bond motifs is 4. The van der Waals surface area contributed by atoms with E-state index in [0.29, 0.717) is 13.1 Å². The summed E-state index contributed by atoms with van der Waals surface area (Å²) in [5.41, 5.74) is 6.83. The molecule has 1 aromatic carbocycles. The number of benzene rings is 1. The van der Waals surface area contributed by atoms with Gasteiger partial charge in [-0.05, 0) is 57.0 Å². The van der Waals surface area contributed by atoms with Crippen LogP contribution in [0.15, 0.2) is 36.5 Å². The average Bonchev–Trinajstić information content (AvgIpc) is 3.18. The Morgan fingerprint density at radius 1 is 1.27 bits per heavy atom. The molecular formula is C23H31N3O4. The van der Waals surface area contributed by atoms with Crippen LogP contribution in [-0.4, -0.2) is 40.7 Å².